The summed E-state index contributed by atoms with van der Waals surface area (Å²) in [6, 6.07) is 8.79. The molecular weight excluding hydrogens is 401 g/mol. The van der Waals surface area contributed by atoms with Gasteiger partial charge in [0.2, 0.25) is 0 Å². The molecule has 1 aromatic heterocycles. The van der Waals surface area contributed by atoms with E-state index in [1.807, 2.05) is 6.07 Å². The molecule has 0 fully saturated rings. The first-order valence-electron chi connectivity index (χ1n) is 8.60. The van der Waals surface area contributed by atoms with E-state index in [9.17, 15) is 4.79 Å². The molecule has 0 unspecified atom stereocenters. The van der Waals surface area contributed by atoms with Gasteiger partial charge in [0.1, 0.15) is 0 Å². The minimum absolute atomic E-state index is 0.253. The molecule has 0 bridgehead atoms. The summed E-state index contributed by atoms with van der Waals surface area (Å²) >= 11 is 12.3. The number of halogens is 2. The molecule has 0 aliphatic carbocycles. The highest BCUT2D eigenvalue weighted by molar-refractivity contribution is 6.42. The quantitative estimate of drug-likeness (QED) is 0.495. The van der Waals surface area contributed by atoms with Gasteiger partial charge in [-0.1, -0.05) is 29.3 Å². The van der Waals surface area contributed by atoms with E-state index in [0.717, 1.165) is 5.56 Å². The lowest BCUT2D eigenvalue weighted by atomic mass is 9.94. The van der Waals surface area contributed by atoms with Crippen LogP contribution in [0.15, 0.2) is 30.3 Å². The second-order valence-electron chi connectivity index (χ2n) is 6.02. The van der Waals surface area contributed by atoms with Crippen LogP contribution in [-0.2, 0) is 4.74 Å². The first kappa shape index (κ1) is 20.2. The Morgan fingerprint density at radius 2 is 1.71 bits per heavy atom. The lowest BCUT2D eigenvalue weighted by molar-refractivity contribution is 0.0526. The van der Waals surface area contributed by atoms with Crippen molar-refractivity contribution in [2.45, 2.75) is 13.8 Å². The van der Waals surface area contributed by atoms with Crippen molar-refractivity contribution in [3.05, 3.63) is 51.6 Å². The molecule has 0 amide bonds. The number of hydrogen-bond acceptors (Lipinski definition) is 5. The van der Waals surface area contributed by atoms with Gasteiger partial charge in [-0.05, 0) is 37.6 Å². The monoisotopic (exact) mass is 419 g/mol. The molecule has 0 saturated heterocycles. The van der Waals surface area contributed by atoms with Crippen LogP contribution in [0.25, 0.3) is 22.0 Å². The first-order valence-corrected chi connectivity index (χ1v) is 9.35. The van der Waals surface area contributed by atoms with Gasteiger partial charge in [0.05, 0.1) is 47.6 Å². The molecule has 0 atom stereocenters. The predicted molar refractivity (Wildman–Crippen MR) is 111 cm³/mol. The number of rotatable bonds is 5. The third-order valence-electron chi connectivity index (χ3n) is 4.36. The molecule has 28 heavy (non-hydrogen) atoms. The van der Waals surface area contributed by atoms with E-state index in [0.29, 0.717) is 49.3 Å². The van der Waals surface area contributed by atoms with Crippen molar-refractivity contribution in [3.8, 4) is 22.6 Å². The summed E-state index contributed by atoms with van der Waals surface area (Å²) in [5.41, 5.74) is 2.95. The van der Waals surface area contributed by atoms with E-state index in [2.05, 4.69) is 4.98 Å². The van der Waals surface area contributed by atoms with Gasteiger partial charge in [-0.15, -0.1) is 0 Å². The highest BCUT2D eigenvalue weighted by atomic mass is 35.5. The summed E-state index contributed by atoms with van der Waals surface area (Å²) in [5.74, 6) is 0.618. The first-order chi connectivity index (χ1) is 13.4. The second kappa shape index (κ2) is 8.25. The normalized spacial score (nSPS) is 10.8. The predicted octanol–water partition coefficient (Wildman–Crippen LogP) is 5.71. The van der Waals surface area contributed by atoms with Gasteiger partial charge in [-0.25, -0.2) is 4.79 Å². The average Bonchev–Trinajstić information content (AvgIpc) is 2.68. The number of ether oxygens (including phenoxy) is 3. The Labute approximate surface area is 173 Å². The van der Waals surface area contributed by atoms with Gasteiger partial charge < -0.3 is 14.2 Å². The van der Waals surface area contributed by atoms with Crippen LogP contribution in [0.5, 0.6) is 11.5 Å². The number of nitrogens with zero attached hydrogens (tertiary/aromatic N) is 1. The maximum atomic E-state index is 12.8. The summed E-state index contributed by atoms with van der Waals surface area (Å²) in [6.07, 6.45) is 0. The Bertz CT molecular complexity index is 1070. The largest absolute Gasteiger partial charge is 0.493 e. The summed E-state index contributed by atoms with van der Waals surface area (Å²) < 4.78 is 16.1. The van der Waals surface area contributed by atoms with E-state index in [1.165, 1.54) is 0 Å². The topological polar surface area (TPSA) is 57.7 Å². The Kier molecular flexibility index (Phi) is 5.96. The molecule has 0 saturated carbocycles. The smallest absolute Gasteiger partial charge is 0.340 e. The third-order valence-corrected chi connectivity index (χ3v) is 5.10. The molecule has 0 spiro atoms. The Hall–Kier alpha value is -2.50. The molecule has 7 heteroatoms. The zero-order valence-electron chi connectivity index (χ0n) is 15.9. The van der Waals surface area contributed by atoms with Gasteiger partial charge in [0.25, 0.3) is 0 Å². The molecule has 0 N–H and O–H groups in total. The molecule has 0 aliphatic rings. The highest BCUT2D eigenvalue weighted by Crippen LogP contribution is 2.40. The summed E-state index contributed by atoms with van der Waals surface area (Å²) in [6.45, 7) is 3.78. The third kappa shape index (κ3) is 3.60. The number of methoxy groups -OCH3 is 2. The number of fused-ring (bicyclic) bond motifs is 1. The Morgan fingerprint density at radius 1 is 1.04 bits per heavy atom. The number of hydrogen-bond donors (Lipinski definition) is 0. The maximum Gasteiger partial charge on any atom is 0.340 e. The standard InChI is InChI=1S/C21H19Cl2NO4/c1-5-28-21(25)19-11(2)24-16-10-18(27-4)17(26-3)9-13(16)20(19)12-6-7-14(22)15(23)8-12/h6-10H,5H2,1-4H3. The minimum Gasteiger partial charge on any atom is -0.493 e. The van der Waals surface area contributed by atoms with Crippen molar-refractivity contribution in [3.63, 3.8) is 0 Å². The van der Waals surface area contributed by atoms with Gasteiger partial charge in [0, 0.05) is 17.0 Å². The van der Waals surface area contributed by atoms with Crippen molar-refractivity contribution in [1.29, 1.82) is 0 Å². The minimum atomic E-state index is -0.453. The summed E-state index contributed by atoms with van der Waals surface area (Å²) in [5, 5.41) is 1.53. The van der Waals surface area contributed by atoms with Crippen LogP contribution in [0.4, 0.5) is 0 Å². The SMILES string of the molecule is CCOC(=O)c1c(C)nc2cc(OC)c(OC)cc2c1-c1ccc(Cl)c(Cl)c1. The lowest BCUT2D eigenvalue weighted by Gasteiger charge is -2.17. The van der Waals surface area contributed by atoms with E-state index >= 15 is 0 Å². The molecule has 3 rings (SSSR count). The number of pyridine rings is 1. The van der Waals surface area contributed by atoms with Crippen molar-refractivity contribution in [1.82, 2.24) is 4.98 Å². The van der Waals surface area contributed by atoms with Crippen molar-refractivity contribution < 1.29 is 19.0 Å². The summed E-state index contributed by atoms with van der Waals surface area (Å²) in [4.78, 5) is 17.3. The number of benzene rings is 2. The van der Waals surface area contributed by atoms with Gasteiger partial charge in [-0.2, -0.15) is 0 Å². The molecule has 146 valence electrons. The second-order valence-corrected chi connectivity index (χ2v) is 6.84. The van der Waals surface area contributed by atoms with Crippen molar-refractivity contribution in [2.75, 3.05) is 20.8 Å². The van der Waals surface area contributed by atoms with Gasteiger partial charge in [-0.3, -0.25) is 4.98 Å². The molecule has 0 radical (unpaired) electrons. The Balaban J connectivity index is 2.45. The molecule has 5 nitrogen and oxygen atoms in total. The van der Waals surface area contributed by atoms with Crippen LogP contribution in [-0.4, -0.2) is 31.8 Å². The fraction of sp³-hybridized carbons (Fsp3) is 0.238. The average molecular weight is 420 g/mol. The molecule has 2 aromatic carbocycles. The van der Waals surface area contributed by atoms with Crippen LogP contribution in [0.1, 0.15) is 23.0 Å². The Morgan fingerprint density at radius 3 is 2.32 bits per heavy atom. The van der Waals surface area contributed by atoms with Gasteiger partial charge >= 0.3 is 5.97 Å². The van der Waals surface area contributed by atoms with Crippen LogP contribution >= 0.6 is 23.2 Å². The molecular formula is C21H19Cl2NO4. The van der Waals surface area contributed by atoms with Crippen LogP contribution in [0.3, 0.4) is 0 Å². The number of aryl methyl sites for hydroxylation is 1. The van der Waals surface area contributed by atoms with E-state index in [1.54, 1.807) is 52.3 Å². The number of carbonyl (C=O) groups excluding carboxylic acids is 1. The van der Waals surface area contributed by atoms with Crippen molar-refractivity contribution >= 4 is 40.1 Å². The number of aromatic nitrogens is 1. The highest BCUT2D eigenvalue weighted by Gasteiger charge is 2.23. The maximum absolute atomic E-state index is 12.8. The van der Waals surface area contributed by atoms with Gasteiger partial charge in [0.15, 0.2) is 11.5 Å². The zero-order valence-corrected chi connectivity index (χ0v) is 17.4. The summed E-state index contributed by atoms with van der Waals surface area (Å²) in [7, 11) is 3.11. The fourth-order valence-electron chi connectivity index (χ4n) is 3.12. The van der Waals surface area contributed by atoms with Crippen LogP contribution in [0.2, 0.25) is 10.0 Å². The molecule has 3 aromatic rings. The van der Waals surface area contributed by atoms with E-state index < -0.39 is 5.97 Å². The van der Waals surface area contributed by atoms with Crippen LogP contribution < -0.4 is 9.47 Å². The lowest BCUT2D eigenvalue weighted by Crippen LogP contribution is -2.11. The van der Waals surface area contributed by atoms with E-state index in [4.69, 9.17) is 37.4 Å². The fourth-order valence-corrected chi connectivity index (χ4v) is 3.42. The van der Waals surface area contributed by atoms with Crippen LogP contribution in [0, 0.1) is 6.92 Å². The number of carbonyl (C=O) groups is 1. The van der Waals surface area contributed by atoms with Crippen molar-refractivity contribution in [2.24, 2.45) is 0 Å². The van der Waals surface area contributed by atoms with E-state index in [-0.39, 0.29) is 6.61 Å². The molecule has 0 aliphatic heterocycles. The zero-order chi connectivity index (χ0) is 20.4. The molecule has 1 heterocycles. The number of esters is 1.